The van der Waals surface area contributed by atoms with Crippen LogP contribution in [0.4, 0.5) is 0 Å². The van der Waals surface area contributed by atoms with Gasteiger partial charge in [0.2, 0.25) is 0 Å². The van der Waals surface area contributed by atoms with Gasteiger partial charge in [0.1, 0.15) is 6.04 Å². The highest BCUT2D eigenvalue weighted by Gasteiger charge is 2.48. The first kappa shape index (κ1) is 18.0. The lowest BCUT2D eigenvalue weighted by Crippen LogP contribution is -2.46. The van der Waals surface area contributed by atoms with Crippen molar-refractivity contribution in [2.75, 3.05) is 0 Å². The molecule has 2 aliphatic rings. The number of aromatic nitrogens is 2. The molecule has 2 fully saturated rings. The maximum absolute atomic E-state index is 13.3. The molecule has 4 atom stereocenters. The molecule has 0 bridgehead atoms. The zero-order valence-corrected chi connectivity index (χ0v) is 15.6. The number of fused-ring (bicyclic) bond motifs is 1. The van der Waals surface area contributed by atoms with E-state index in [2.05, 4.69) is 25.9 Å². The summed E-state index contributed by atoms with van der Waals surface area (Å²) in [6.45, 7) is 8.25. The molecule has 3 rings (SSSR count). The molecule has 1 saturated carbocycles. The van der Waals surface area contributed by atoms with E-state index in [-0.39, 0.29) is 18.0 Å². The summed E-state index contributed by atoms with van der Waals surface area (Å²) >= 11 is 0. The monoisotopic (exact) mass is 347 g/mol. The second-order valence-corrected chi connectivity index (χ2v) is 7.99. The second-order valence-electron chi connectivity index (χ2n) is 7.99. The molecule has 1 aromatic rings. The summed E-state index contributed by atoms with van der Waals surface area (Å²) in [4.78, 5) is 26.7. The van der Waals surface area contributed by atoms with Crippen LogP contribution in [0.5, 0.6) is 0 Å². The van der Waals surface area contributed by atoms with Gasteiger partial charge in [-0.15, -0.1) is 0 Å². The van der Waals surface area contributed by atoms with Gasteiger partial charge >= 0.3 is 5.97 Å². The highest BCUT2D eigenvalue weighted by molar-refractivity contribution is 5.98. The first-order valence-electron chi connectivity index (χ1n) is 9.42. The smallest absolute Gasteiger partial charge is 0.326 e. The fourth-order valence-electron chi connectivity index (χ4n) is 4.44. The summed E-state index contributed by atoms with van der Waals surface area (Å²) in [6, 6.07) is -0.448. The van der Waals surface area contributed by atoms with Crippen LogP contribution in [0.25, 0.3) is 0 Å². The Bertz CT molecular complexity index is 667. The first-order chi connectivity index (χ1) is 11.8. The Balaban J connectivity index is 1.92. The zero-order valence-electron chi connectivity index (χ0n) is 15.6. The number of hydrogen-bond acceptors (Lipinski definition) is 3. The fourth-order valence-corrected chi connectivity index (χ4v) is 4.44. The number of carbonyl (C=O) groups is 2. The largest absolute Gasteiger partial charge is 0.480 e. The molecule has 1 unspecified atom stereocenters. The number of rotatable bonds is 4. The highest BCUT2D eigenvalue weighted by atomic mass is 16.4. The Morgan fingerprint density at radius 3 is 2.56 bits per heavy atom. The Labute approximate surface area is 149 Å². The minimum absolute atomic E-state index is 0.0626. The van der Waals surface area contributed by atoms with E-state index in [0.29, 0.717) is 23.8 Å². The molecule has 1 aliphatic heterocycles. The van der Waals surface area contributed by atoms with Crippen molar-refractivity contribution in [2.24, 2.45) is 11.8 Å². The average molecular weight is 347 g/mol. The topological polar surface area (TPSA) is 75.4 Å². The lowest BCUT2D eigenvalue weighted by atomic mass is 9.84. The van der Waals surface area contributed by atoms with Crippen molar-refractivity contribution in [3.05, 3.63) is 17.5 Å². The van der Waals surface area contributed by atoms with Crippen molar-refractivity contribution in [2.45, 2.75) is 77.9 Å². The Morgan fingerprint density at radius 1 is 1.24 bits per heavy atom. The summed E-state index contributed by atoms with van der Waals surface area (Å²) in [6.07, 6.45) is 6.35. The van der Waals surface area contributed by atoms with Gasteiger partial charge in [0.25, 0.3) is 5.91 Å². The maximum atomic E-state index is 13.3. The van der Waals surface area contributed by atoms with E-state index in [9.17, 15) is 14.7 Å². The molecule has 1 N–H and O–H groups in total. The molecule has 25 heavy (non-hydrogen) atoms. The van der Waals surface area contributed by atoms with Gasteiger partial charge in [0.05, 0.1) is 17.8 Å². The van der Waals surface area contributed by atoms with Crippen molar-refractivity contribution < 1.29 is 14.7 Å². The van der Waals surface area contributed by atoms with Crippen molar-refractivity contribution in [1.82, 2.24) is 14.7 Å². The van der Waals surface area contributed by atoms with E-state index in [0.717, 1.165) is 31.4 Å². The third kappa shape index (κ3) is 3.07. The minimum atomic E-state index is -0.886. The molecule has 6 heteroatoms. The Kier molecular flexibility index (Phi) is 4.89. The van der Waals surface area contributed by atoms with Gasteiger partial charge in [-0.05, 0) is 44.9 Å². The third-order valence-corrected chi connectivity index (χ3v) is 6.23. The predicted octanol–water partition coefficient (Wildman–Crippen LogP) is 3.27. The van der Waals surface area contributed by atoms with Crippen molar-refractivity contribution in [1.29, 1.82) is 0 Å². The SMILES string of the molecule is Cc1c(C(=O)N2[C@H](C(=O)O)C[C@@H]3CCCC[C@@H]32)cnn1C(C)C(C)C. The maximum Gasteiger partial charge on any atom is 0.326 e. The van der Waals surface area contributed by atoms with Crippen LogP contribution >= 0.6 is 0 Å². The summed E-state index contributed by atoms with van der Waals surface area (Å²) in [7, 11) is 0. The molecule has 138 valence electrons. The molecule has 0 spiro atoms. The lowest BCUT2D eigenvalue weighted by Gasteiger charge is -2.33. The molecular formula is C19H29N3O3. The second kappa shape index (κ2) is 6.81. The highest BCUT2D eigenvalue weighted by Crippen LogP contribution is 2.40. The molecular weight excluding hydrogens is 318 g/mol. The number of nitrogens with zero attached hydrogens (tertiary/aromatic N) is 3. The summed E-state index contributed by atoms with van der Waals surface area (Å²) in [5, 5.41) is 14.1. The Hall–Kier alpha value is -1.85. The number of aliphatic carboxylic acids is 1. The molecule has 1 saturated heterocycles. The van der Waals surface area contributed by atoms with Crippen LogP contribution in [0.2, 0.25) is 0 Å². The number of carbonyl (C=O) groups excluding carboxylic acids is 1. The minimum Gasteiger partial charge on any atom is -0.480 e. The summed E-state index contributed by atoms with van der Waals surface area (Å²) in [5.41, 5.74) is 1.37. The average Bonchev–Trinajstić information content (AvgIpc) is 3.14. The lowest BCUT2D eigenvalue weighted by molar-refractivity contribution is -0.141. The van der Waals surface area contributed by atoms with Crippen molar-refractivity contribution in [3.63, 3.8) is 0 Å². The number of carboxylic acid groups (broad SMARTS) is 1. The van der Waals surface area contributed by atoms with Crippen molar-refractivity contribution >= 4 is 11.9 Å². The van der Waals surface area contributed by atoms with Crippen LogP contribution in [-0.2, 0) is 4.79 Å². The number of hydrogen-bond donors (Lipinski definition) is 1. The molecule has 1 aromatic heterocycles. The van der Waals surface area contributed by atoms with E-state index >= 15 is 0 Å². The van der Waals surface area contributed by atoms with Gasteiger partial charge in [-0.2, -0.15) is 5.10 Å². The molecule has 1 amide bonds. The van der Waals surface area contributed by atoms with Crippen LogP contribution in [-0.4, -0.2) is 43.7 Å². The van der Waals surface area contributed by atoms with Crippen molar-refractivity contribution in [3.8, 4) is 0 Å². The van der Waals surface area contributed by atoms with Crippen LogP contribution < -0.4 is 0 Å². The summed E-state index contributed by atoms with van der Waals surface area (Å²) in [5.74, 6) is -0.323. The van der Waals surface area contributed by atoms with Crippen LogP contribution in [0.15, 0.2) is 6.20 Å². The molecule has 0 radical (unpaired) electrons. The molecule has 0 aromatic carbocycles. The van der Waals surface area contributed by atoms with E-state index < -0.39 is 12.0 Å². The van der Waals surface area contributed by atoms with E-state index in [1.807, 2.05) is 11.6 Å². The van der Waals surface area contributed by atoms with Crippen LogP contribution in [0.1, 0.15) is 75.0 Å². The Morgan fingerprint density at radius 2 is 1.92 bits per heavy atom. The van der Waals surface area contributed by atoms with Gasteiger partial charge in [-0.3, -0.25) is 9.48 Å². The van der Waals surface area contributed by atoms with E-state index in [4.69, 9.17) is 0 Å². The van der Waals surface area contributed by atoms with Crippen LogP contribution in [0, 0.1) is 18.8 Å². The third-order valence-electron chi connectivity index (χ3n) is 6.23. The quantitative estimate of drug-likeness (QED) is 0.907. The van der Waals surface area contributed by atoms with Gasteiger partial charge in [0.15, 0.2) is 0 Å². The molecule has 2 heterocycles. The molecule has 6 nitrogen and oxygen atoms in total. The first-order valence-corrected chi connectivity index (χ1v) is 9.42. The number of likely N-dealkylation sites (tertiary alicyclic amines) is 1. The van der Waals surface area contributed by atoms with E-state index in [1.165, 1.54) is 0 Å². The van der Waals surface area contributed by atoms with Gasteiger partial charge in [-0.1, -0.05) is 26.7 Å². The summed E-state index contributed by atoms with van der Waals surface area (Å²) < 4.78 is 1.89. The van der Waals surface area contributed by atoms with Gasteiger partial charge < -0.3 is 10.0 Å². The molecule has 1 aliphatic carbocycles. The normalized spacial score (nSPS) is 27.4. The van der Waals surface area contributed by atoms with Crippen LogP contribution in [0.3, 0.4) is 0 Å². The predicted molar refractivity (Wildman–Crippen MR) is 94.5 cm³/mol. The van der Waals surface area contributed by atoms with E-state index in [1.54, 1.807) is 11.1 Å². The zero-order chi connectivity index (χ0) is 18.3. The number of amides is 1. The number of carboxylic acids is 1. The van der Waals surface area contributed by atoms with Gasteiger partial charge in [-0.25, -0.2) is 4.79 Å². The van der Waals surface area contributed by atoms with Gasteiger partial charge in [0, 0.05) is 11.7 Å². The fraction of sp³-hybridized carbons (Fsp3) is 0.737. The standard InChI is InChI=1S/C19H29N3O3/c1-11(2)12(3)22-13(4)15(10-20-22)18(23)21-16-8-6-5-7-14(16)9-17(21)19(24)25/h10-12,14,16-17H,5-9H2,1-4H3,(H,24,25)/t12?,14-,16-,17-/m0/s1.